The Morgan fingerprint density at radius 3 is 2.30 bits per heavy atom. The van der Waals surface area contributed by atoms with Crippen molar-refractivity contribution >= 4 is 11.6 Å². The Hall–Kier alpha value is -3.19. The number of nitrogens with one attached hydrogen (secondary N) is 1. The summed E-state index contributed by atoms with van der Waals surface area (Å²) in [7, 11) is 0. The number of H-pyrrole nitrogens is 1. The molecule has 1 aliphatic rings. The highest BCUT2D eigenvalue weighted by molar-refractivity contribution is 5.57. The topological polar surface area (TPSA) is 91.1 Å². The molecule has 1 aliphatic heterocycles. The third-order valence-electron chi connectivity index (χ3n) is 4.79. The zero-order chi connectivity index (χ0) is 18.6. The number of aromatic nitrogens is 3. The van der Waals surface area contributed by atoms with Gasteiger partial charge in [-0.1, -0.05) is 42.5 Å². The number of nitrogens with two attached hydrogens (primary N) is 1. The van der Waals surface area contributed by atoms with Crippen molar-refractivity contribution in [1.82, 2.24) is 20.1 Å². The average Bonchev–Trinajstić information content (AvgIpc) is 2.71. The number of hydrogen-bond acceptors (Lipinski definition) is 6. The van der Waals surface area contributed by atoms with Gasteiger partial charge in [0.05, 0.1) is 0 Å². The van der Waals surface area contributed by atoms with E-state index in [2.05, 4.69) is 37.1 Å². The van der Waals surface area contributed by atoms with Gasteiger partial charge in [-0.25, -0.2) is 0 Å². The standard InChI is InChI=1S/C20H22N6O/c21-17-8-6-15(7-9-17)14-25-10-12-26(13-11-25)20-22-19(27)18(23-24-20)16-4-2-1-3-5-16/h1-9H,10-14,21H2,(H,22,24,27). The molecule has 138 valence electrons. The van der Waals surface area contributed by atoms with E-state index in [-0.39, 0.29) is 5.56 Å². The molecule has 3 aromatic rings. The third-order valence-corrected chi connectivity index (χ3v) is 4.79. The van der Waals surface area contributed by atoms with Gasteiger partial charge in [0.15, 0.2) is 5.69 Å². The first-order chi connectivity index (χ1) is 13.2. The van der Waals surface area contributed by atoms with Crippen molar-refractivity contribution in [2.45, 2.75) is 6.54 Å². The van der Waals surface area contributed by atoms with Crippen LogP contribution in [0.15, 0.2) is 59.4 Å². The molecule has 2 heterocycles. The zero-order valence-corrected chi connectivity index (χ0v) is 15.0. The maximum Gasteiger partial charge on any atom is 0.279 e. The van der Waals surface area contributed by atoms with E-state index in [9.17, 15) is 4.79 Å². The molecule has 0 amide bonds. The summed E-state index contributed by atoms with van der Waals surface area (Å²) in [5.74, 6) is 0.534. The first-order valence-electron chi connectivity index (χ1n) is 9.03. The molecule has 0 aliphatic carbocycles. The van der Waals surface area contributed by atoms with Crippen molar-refractivity contribution in [1.29, 1.82) is 0 Å². The van der Waals surface area contributed by atoms with Gasteiger partial charge in [0.2, 0.25) is 5.95 Å². The summed E-state index contributed by atoms with van der Waals surface area (Å²) < 4.78 is 0. The highest BCUT2D eigenvalue weighted by Gasteiger charge is 2.20. The van der Waals surface area contributed by atoms with Crippen LogP contribution in [0.25, 0.3) is 11.3 Å². The van der Waals surface area contributed by atoms with Gasteiger partial charge < -0.3 is 10.6 Å². The molecular formula is C20H22N6O. The molecule has 4 rings (SSSR count). The van der Waals surface area contributed by atoms with Crippen LogP contribution in [0.1, 0.15) is 5.56 Å². The lowest BCUT2D eigenvalue weighted by Gasteiger charge is -2.34. The lowest BCUT2D eigenvalue weighted by Crippen LogP contribution is -2.47. The molecule has 0 unspecified atom stereocenters. The summed E-state index contributed by atoms with van der Waals surface area (Å²) in [6.07, 6.45) is 0. The molecule has 7 nitrogen and oxygen atoms in total. The molecule has 0 bridgehead atoms. The van der Waals surface area contributed by atoms with E-state index in [1.54, 1.807) is 0 Å². The Bertz CT molecular complexity index is 946. The Morgan fingerprint density at radius 2 is 1.63 bits per heavy atom. The lowest BCUT2D eigenvalue weighted by atomic mass is 10.2. The fourth-order valence-electron chi connectivity index (χ4n) is 3.25. The SMILES string of the molecule is Nc1ccc(CN2CCN(c3nnc(-c4ccccc4)c(=O)[nH]3)CC2)cc1. The summed E-state index contributed by atoms with van der Waals surface area (Å²) in [5, 5.41) is 8.40. The number of hydrogen-bond donors (Lipinski definition) is 2. The molecule has 1 saturated heterocycles. The number of nitrogen functional groups attached to an aromatic ring is 1. The van der Waals surface area contributed by atoms with Gasteiger partial charge in [-0.2, -0.15) is 0 Å². The summed E-state index contributed by atoms with van der Waals surface area (Å²) in [5.41, 5.74) is 8.68. The van der Waals surface area contributed by atoms with Crippen LogP contribution in [0, 0.1) is 0 Å². The number of aromatic amines is 1. The minimum atomic E-state index is -0.212. The quantitative estimate of drug-likeness (QED) is 0.687. The van der Waals surface area contributed by atoms with Crippen LogP contribution in [0.5, 0.6) is 0 Å². The predicted octanol–water partition coefficient (Wildman–Crippen LogP) is 1.74. The van der Waals surface area contributed by atoms with Crippen LogP contribution in [0.4, 0.5) is 11.6 Å². The maximum absolute atomic E-state index is 12.4. The molecule has 27 heavy (non-hydrogen) atoms. The van der Waals surface area contributed by atoms with Crippen molar-refractivity contribution < 1.29 is 0 Å². The van der Waals surface area contributed by atoms with Crippen molar-refractivity contribution in [2.75, 3.05) is 36.8 Å². The maximum atomic E-state index is 12.4. The summed E-state index contributed by atoms with van der Waals surface area (Å²) >= 11 is 0. The molecule has 7 heteroatoms. The number of benzene rings is 2. The first-order valence-corrected chi connectivity index (χ1v) is 9.03. The molecule has 0 spiro atoms. The monoisotopic (exact) mass is 362 g/mol. The molecule has 0 atom stereocenters. The van der Waals surface area contributed by atoms with Crippen LogP contribution >= 0.6 is 0 Å². The van der Waals surface area contributed by atoms with Crippen molar-refractivity contribution in [2.24, 2.45) is 0 Å². The summed E-state index contributed by atoms with van der Waals surface area (Å²) in [6, 6.07) is 17.4. The Morgan fingerprint density at radius 1 is 0.926 bits per heavy atom. The van der Waals surface area contributed by atoms with Gasteiger partial charge in [-0.05, 0) is 17.7 Å². The summed E-state index contributed by atoms with van der Waals surface area (Å²) in [4.78, 5) is 19.7. The van der Waals surface area contributed by atoms with E-state index in [4.69, 9.17) is 5.73 Å². The second-order valence-corrected chi connectivity index (χ2v) is 6.70. The van der Waals surface area contributed by atoms with E-state index in [1.165, 1.54) is 5.56 Å². The Labute approximate surface area is 157 Å². The number of nitrogens with zero attached hydrogens (tertiary/aromatic N) is 4. The molecular weight excluding hydrogens is 340 g/mol. The minimum absolute atomic E-state index is 0.212. The van der Waals surface area contributed by atoms with E-state index in [0.717, 1.165) is 44.0 Å². The largest absolute Gasteiger partial charge is 0.399 e. The highest BCUT2D eigenvalue weighted by atomic mass is 16.1. The molecule has 0 saturated carbocycles. The summed E-state index contributed by atoms with van der Waals surface area (Å²) in [6.45, 7) is 4.28. The molecule has 2 aromatic carbocycles. The second-order valence-electron chi connectivity index (χ2n) is 6.70. The molecule has 0 radical (unpaired) electrons. The smallest absolute Gasteiger partial charge is 0.279 e. The van der Waals surface area contributed by atoms with E-state index in [0.29, 0.717) is 11.6 Å². The van der Waals surface area contributed by atoms with Crippen LogP contribution in [0.2, 0.25) is 0 Å². The first kappa shape index (κ1) is 17.2. The van der Waals surface area contributed by atoms with E-state index < -0.39 is 0 Å². The average molecular weight is 362 g/mol. The van der Waals surface area contributed by atoms with Crippen LogP contribution < -0.4 is 16.2 Å². The second kappa shape index (κ2) is 7.59. The number of anilines is 2. The lowest BCUT2D eigenvalue weighted by molar-refractivity contribution is 0.248. The Balaban J connectivity index is 1.40. The highest BCUT2D eigenvalue weighted by Crippen LogP contribution is 2.15. The van der Waals surface area contributed by atoms with Gasteiger partial charge >= 0.3 is 0 Å². The number of rotatable bonds is 4. The van der Waals surface area contributed by atoms with Gasteiger partial charge in [-0.15, -0.1) is 10.2 Å². The fourth-order valence-corrected chi connectivity index (χ4v) is 3.25. The van der Waals surface area contributed by atoms with Crippen molar-refractivity contribution in [3.05, 3.63) is 70.5 Å². The third kappa shape index (κ3) is 3.98. The van der Waals surface area contributed by atoms with Gasteiger partial charge in [0.1, 0.15) is 0 Å². The fraction of sp³-hybridized carbons (Fsp3) is 0.250. The zero-order valence-electron chi connectivity index (χ0n) is 15.0. The van der Waals surface area contributed by atoms with E-state index in [1.807, 2.05) is 42.5 Å². The molecule has 1 fully saturated rings. The van der Waals surface area contributed by atoms with Gasteiger partial charge in [0.25, 0.3) is 5.56 Å². The normalized spacial score (nSPS) is 15.0. The Kier molecular flexibility index (Phi) is 4.84. The predicted molar refractivity (Wildman–Crippen MR) is 106 cm³/mol. The van der Waals surface area contributed by atoms with Crippen LogP contribution in [-0.4, -0.2) is 46.3 Å². The van der Waals surface area contributed by atoms with E-state index >= 15 is 0 Å². The van der Waals surface area contributed by atoms with Crippen molar-refractivity contribution in [3.8, 4) is 11.3 Å². The van der Waals surface area contributed by atoms with Gasteiger partial charge in [-0.3, -0.25) is 14.7 Å². The molecule has 1 aromatic heterocycles. The van der Waals surface area contributed by atoms with Crippen LogP contribution in [0.3, 0.4) is 0 Å². The minimum Gasteiger partial charge on any atom is -0.399 e. The molecule has 3 N–H and O–H groups in total. The van der Waals surface area contributed by atoms with Crippen LogP contribution in [-0.2, 0) is 6.54 Å². The van der Waals surface area contributed by atoms with Gasteiger partial charge in [0, 0.05) is 44.0 Å². The number of piperazine rings is 1. The van der Waals surface area contributed by atoms with Crippen molar-refractivity contribution in [3.63, 3.8) is 0 Å².